The van der Waals surface area contributed by atoms with Gasteiger partial charge >= 0.3 is 12.0 Å². The van der Waals surface area contributed by atoms with E-state index in [2.05, 4.69) is 16.6 Å². The molecular weight excluding hydrogens is 232 g/mol. The van der Waals surface area contributed by atoms with Crippen LogP contribution in [0.1, 0.15) is 5.56 Å². The highest BCUT2D eigenvalue weighted by Crippen LogP contribution is 2.03. The van der Waals surface area contributed by atoms with Gasteiger partial charge in [-0.1, -0.05) is 36.3 Å². The third kappa shape index (κ3) is 4.58. The van der Waals surface area contributed by atoms with Gasteiger partial charge in [-0.3, -0.25) is 0 Å². The fourth-order valence-corrected chi connectivity index (χ4v) is 1.39. The molecule has 1 unspecified atom stereocenters. The van der Waals surface area contributed by atoms with Crippen LogP contribution in [0.3, 0.4) is 0 Å². The van der Waals surface area contributed by atoms with E-state index in [1.807, 2.05) is 18.2 Å². The first-order valence-electron chi connectivity index (χ1n) is 5.38. The summed E-state index contributed by atoms with van der Waals surface area (Å²) in [6.45, 7) is 0.0590. The number of carboxylic acids is 1. The molecule has 1 rings (SSSR count). The van der Waals surface area contributed by atoms with Crippen LogP contribution >= 0.6 is 0 Å². The van der Waals surface area contributed by atoms with Crippen molar-refractivity contribution in [3.63, 3.8) is 0 Å². The molecule has 1 aromatic rings. The van der Waals surface area contributed by atoms with Crippen LogP contribution < -0.4 is 10.6 Å². The molecule has 5 heteroatoms. The summed E-state index contributed by atoms with van der Waals surface area (Å²) in [7, 11) is 0. The number of hydrogen-bond donors (Lipinski definition) is 3. The van der Waals surface area contributed by atoms with Gasteiger partial charge in [-0.05, 0) is 5.56 Å². The quantitative estimate of drug-likeness (QED) is 0.666. The lowest BCUT2D eigenvalue weighted by Crippen LogP contribution is -2.47. The summed E-state index contributed by atoms with van der Waals surface area (Å²) >= 11 is 0. The number of rotatable bonds is 5. The Kier molecular flexibility index (Phi) is 5.26. The highest BCUT2D eigenvalue weighted by atomic mass is 16.4. The molecule has 0 saturated heterocycles. The number of urea groups is 1. The molecule has 2 amide bonds. The number of terminal acetylenes is 1. The zero-order valence-electron chi connectivity index (χ0n) is 9.72. The van der Waals surface area contributed by atoms with Gasteiger partial charge in [0.1, 0.15) is 6.04 Å². The monoisotopic (exact) mass is 246 g/mol. The van der Waals surface area contributed by atoms with Crippen molar-refractivity contribution < 1.29 is 14.7 Å². The van der Waals surface area contributed by atoms with Crippen LogP contribution in [0.4, 0.5) is 4.79 Å². The van der Waals surface area contributed by atoms with E-state index in [1.165, 1.54) is 0 Å². The lowest BCUT2D eigenvalue weighted by molar-refractivity contribution is -0.139. The highest BCUT2D eigenvalue weighted by Gasteiger charge is 2.19. The minimum atomic E-state index is -1.09. The zero-order valence-corrected chi connectivity index (χ0v) is 9.72. The first-order chi connectivity index (χ1) is 8.63. The number of aliphatic carboxylic acids is 1. The van der Waals surface area contributed by atoms with Crippen molar-refractivity contribution in [1.82, 2.24) is 10.6 Å². The van der Waals surface area contributed by atoms with E-state index in [-0.39, 0.29) is 13.0 Å². The van der Waals surface area contributed by atoms with Crippen molar-refractivity contribution in [2.24, 2.45) is 0 Å². The molecule has 0 aliphatic heterocycles. The lowest BCUT2D eigenvalue weighted by atomic mass is 10.1. The van der Waals surface area contributed by atoms with Crippen molar-refractivity contribution in [3.05, 3.63) is 35.9 Å². The van der Waals surface area contributed by atoms with E-state index >= 15 is 0 Å². The molecule has 1 aromatic carbocycles. The average Bonchev–Trinajstić information content (AvgIpc) is 2.36. The van der Waals surface area contributed by atoms with Gasteiger partial charge in [-0.25, -0.2) is 9.59 Å². The minimum absolute atomic E-state index is 0.0590. The van der Waals surface area contributed by atoms with E-state index in [4.69, 9.17) is 11.5 Å². The fraction of sp³-hybridized carbons (Fsp3) is 0.231. The number of carboxylic acid groups (broad SMARTS) is 1. The standard InChI is InChI=1S/C13H14N2O3/c1-2-8-14-13(18)15-11(12(16)17)9-10-6-4-3-5-7-10/h1,3-7,11H,8-9H2,(H,16,17)(H2,14,15,18). The van der Waals surface area contributed by atoms with Gasteiger partial charge in [0.2, 0.25) is 0 Å². The molecule has 18 heavy (non-hydrogen) atoms. The topological polar surface area (TPSA) is 78.4 Å². The van der Waals surface area contributed by atoms with Gasteiger partial charge in [0.15, 0.2) is 0 Å². The Bertz CT molecular complexity index is 451. The number of hydrogen-bond acceptors (Lipinski definition) is 2. The lowest BCUT2D eigenvalue weighted by Gasteiger charge is -2.14. The Labute approximate surface area is 105 Å². The van der Waals surface area contributed by atoms with E-state index in [0.29, 0.717) is 0 Å². The SMILES string of the molecule is C#CCNC(=O)NC(Cc1ccccc1)C(=O)O. The first-order valence-corrected chi connectivity index (χ1v) is 5.38. The highest BCUT2D eigenvalue weighted by molar-refractivity contribution is 5.82. The summed E-state index contributed by atoms with van der Waals surface area (Å²) in [5, 5.41) is 13.7. The van der Waals surface area contributed by atoms with E-state index in [1.54, 1.807) is 12.1 Å². The van der Waals surface area contributed by atoms with Crippen molar-refractivity contribution in [1.29, 1.82) is 0 Å². The van der Waals surface area contributed by atoms with Gasteiger partial charge in [-0.2, -0.15) is 0 Å². The van der Waals surface area contributed by atoms with Crippen molar-refractivity contribution in [3.8, 4) is 12.3 Å². The average molecular weight is 246 g/mol. The van der Waals surface area contributed by atoms with E-state index < -0.39 is 18.0 Å². The molecule has 5 nitrogen and oxygen atoms in total. The largest absolute Gasteiger partial charge is 0.480 e. The fourth-order valence-electron chi connectivity index (χ4n) is 1.39. The van der Waals surface area contributed by atoms with Crippen LogP contribution in [0.2, 0.25) is 0 Å². The van der Waals surface area contributed by atoms with Crippen LogP contribution in [0.15, 0.2) is 30.3 Å². The Balaban J connectivity index is 2.59. The molecule has 0 bridgehead atoms. The van der Waals surface area contributed by atoms with Crippen LogP contribution in [-0.4, -0.2) is 29.7 Å². The molecule has 0 radical (unpaired) electrons. The predicted molar refractivity (Wildman–Crippen MR) is 66.9 cm³/mol. The molecular formula is C13H14N2O3. The second kappa shape index (κ2) is 6.97. The second-order valence-corrected chi connectivity index (χ2v) is 3.61. The maximum Gasteiger partial charge on any atom is 0.326 e. The minimum Gasteiger partial charge on any atom is -0.480 e. The summed E-state index contributed by atoms with van der Waals surface area (Å²) in [6, 6.07) is 7.50. The number of benzene rings is 1. The number of carbonyl (C=O) groups is 2. The van der Waals surface area contributed by atoms with Gasteiger partial charge in [-0.15, -0.1) is 6.42 Å². The van der Waals surface area contributed by atoms with Crippen molar-refractivity contribution in [2.75, 3.05) is 6.54 Å². The molecule has 3 N–H and O–H groups in total. The van der Waals surface area contributed by atoms with E-state index in [9.17, 15) is 9.59 Å². The van der Waals surface area contributed by atoms with Crippen LogP contribution in [0.5, 0.6) is 0 Å². The summed E-state index contributed by atoms with van der Waals surface area (Å²) in [5.74, 6) is 1.14. The number of amides is 2. The maximum atomic E-state index is 11.3. The summed E-state index contributed by atoms with van der Waals surface area (Å²) in [4.78, 5) is 22.4. The Hall–Kier alpha value is -2.48. The molecule has 0 fully saturated rings. The van der Waals surface area contributed by atoms with Gasteiger partial charge < -0.3 is 15.7 Å². The maximum absolute atomic E-state index is 11.3. The third-order valence-electron chi connectivity index (χ3n) is 2.24. The van der Waals surface area contributed by atoms with Crippen molar-refractivity contribution in [2.45, 2.75) is 12.5 Å². The Morgan fingerprint density at radius 3 is 2.56 bits per heavy atom. The second-order valence-electron chi connectivity index (χ2n) is 3.61. The van der Waals surface area contributed by atoms with Gasteiger partial charge in [0.05, 0.1) is 6.54 Å². The molecule has 1 atom stereocenters. The van der Waals surface area contributed by atoms with Crippen LogP contribution in [-0.2, 0) is 11.2 Å². The van der Waals surface area contributed by atoms with Crippen LogP contribution in [0.25, 0.3) is 0 Å². The smallest absolute Gasteiger partial charge is 0.326 e. The molecule has 0 heterocycles. The predicted octanol–water partition coefficient (Wildman–Crippen LogP) is 0.615. The molecule has 0 aliphatic carbocycles. The van der Waals surface area contributed by atoms with Gasteiger partial charge in [0.25, 0.3) is 0 Å². The van der Waals surface area contributed by atoms with Crippen LogP contribution in [0, 0.1) is 12.3 Å². The molecule has 0 aliphatic rings. The Morgan fingerprint density at radius 2 is 2.00 bits per heavy atom. The molecule has 0 saturated carbocycles. The number of carbonyl (C=O) groups excluding carboxylic acids is 1. The zero-order chi connectivity index (χ0) is 13.4. The summed E-state index contributed by atoms with van der Waals surface area (Å²) < 4.78 is 0. The third-order valence-corrected chi connectivity index (χ3v) is 2.24. The van der Waals surface area contributed by atoms with Gasteiger partial charge in [0, 0.05) is 6.42 Å². The normalized spacial score (nSPS) is 11.1. The summed E-state index contributed by atoms with van der Waals surface area (Å²) in [5.41, 5.74) is 0.835. The molecule has 0 spiro atoms. The molecule has 94 valence electrons. The molecule has 0 aromatic heterocycles. The van der Waals surface area contributed by atoms with Crippen molar-refractivity contribution >= 4 is 12.0 Å². The van der Waals surface area contributed by atoms with E-state index in [0.717, 1.165) is 5.56 Å². The Morgan fingerprint density at radius 1 is 1.33 bits per heavy atom. The number of nitrogens with one attached hydrogen (secondary N) is 2. The first kappa shape index (κ1) is 13.6. The summed E-state index contributed by atoms with van der Waals surface area (Å²) in [6.07, 6.45) is 5.20.